The van der Waals surface area contributed by atoms with Crippen LogP contribution in [0, 0.1) is 13.8 Å². The van der Waals surface area contributed by atoms with Gasteiger partial charge in [0.2, 0.25) is 10.0 Å². The lowest BCUT2D eigenvalue weighted by molar-refractivity contribution is 0.329. The van der Waals surface area contributed by atoms with E-state index in [0.717, 1.165) is 24.4 Å². The molecule has 0 aliphatic carbocycles. The van der Waals surface area contributed by atoms with E-state index < -0.39 is 10.0 Å². The Hall–Kier alpha value is -1.93. The van der Waals surface area contributed by atoms with E-state index in [0.29, 0.717) is 18.8 Å². The van der Waals surface area contributed by atoms with Crippen molar-refractivity contribution < 1.29 is 8.42 Å². The molecule has 0 spiro atoms. The number of nitrogens with zero attached hydrogens (tertiary/aromatic N) is 3. The second kappa shape index (κ2) is 6.29. The maximum absolute atomic E-state index is 12.6. The van der Waals surface area contributed by atoms with Gasteiger partial charge in [-0.25, -0.2) is 13.4 Å². The van der Waals surface area contributed by atoms with Gasteiger partial charge >= 0.3 is 0 Å². The Morgan fingerprint density at radius 3 is 2.61 bits per heavy atom. The Labute approximate surface area is 136 Å². The molecule has 0 atom stereocenters. The fourth-order valence-electron chi connectivity index (χ4n) is 2.81. The van der Waals surface area contributed by atoms with E-state index in [1.807, 2.05) is 25.1 Å². The van der Waals surface area contributed by atoms with Gasteiger partial charge < -0.3 is 5.32 Å². The first kappa shape index (κ1) is 15.9. The van der Waals surface area contributed by atoms with Gasteiger partial charge in [0.05, 0.1) is 11.9 Å². The standard InChI is InChI=1S/C15H21N5O2S/c1-11-4-3-5-15(17-11)18-13-6-8-20(9-7-13)23(21,22)14-10-16-19-12(14)2/h3-5,10,13H,6-9H2,1-2H3,(H,16,19)(H,17,18). The first-order chi connectivity index (χ1) is 11.0. The Kier molecular flexibility index (Phi) is 4.36. The van der Waals surface area contributed by atoms with Gasteiger partial charge in [-0.3, -0.25) is 5.10 Å². The molecule has 1 aliphatic heterocycles. The molecule has 8 heteroatoms. The Morgan fingerprint density at radius 1 is 1.26 bits per heavy atom. The molecule has 0 aromatic carbocycles. The van der Waals surface area contributed by atoms with E-state index in [9.17, 15) is 8.42 Å². The minimum absolute atomic E-state index is 0.237. The highest BCUT2D eigenvalue weighted by atomic mass is 32.2. The van der Waals surface area contributed by atoms with Crippen LogP contribution in [-0.4, -0.2) is 47.0 Å². The quantitative estimate of drug-likeness (QED) is 0.887. The van der Waals surface area contributed by atoms with E-state index in [4.69, 9.17) is 0 Å². The average Bonchev–Trinajstić information content (AvgIpc) is 2.95. The highest BCUT2D eigenvalue weighted by Crippen LogP contribution is 2.23. The van der Waals surface area contributed by atoms with Crippen LogP contribution in [-0.2, 0) is 10.0 Å². The van der Waals surface area contributed by atoms with Crippen LogP contribution in [0.5, 0.6) is 0 Å². The number of piperidine rings is 1. The predicted molar refractivity (Wildman–Crippen MR) is 87.7 cm³/mol. The maximum atomic E-state index is 12.6. The molecule has 23 heavy (non-hydrogen) atoms. The van der Waals surface area contributed by atoms with Crippen molar-refractivity contribution in [2.45, 2.75) is 37.6 Å². The summed E-state index contributed by atoms with van der Waals surface area (Å²) in [6.45, 7) is 4.66. The number of hydrogen-bond donors (Lipinski definition) is 2. The minimum atomic E-state index is -3.46. The molecule has 0 amide bonds. The van der Waals surface area contributed by atoms with E-state index in [1.54, 1.807) is 6.92 Å². The second-order valence-electron chi connectivity index (χ2n) is 5.85. The summed E-state index contributed by atoms with van der Waals surface area (Å²) < 4.78 is 26.8. The normalized spacial score (nSPS) is 17.3. The van der Waals surface area contributed by atoms with Crippen molar-refractivity contribution in [1.29, 1.82) is 0 Å². The lowest BCUT2D eigenvalue weighted by Gasteiger charge is -2.31. The van der Waals surface area contributed by atoms with Crippen molar-refractivity contribution in [3.63, 3.8) is 0 Å². The van der Waals surface area contributed by atoms with Crippen LogP contribution in [0.1, 0.15) is 24.2 Å². The fourth-order valence-corrected chi connectivity index (χ4v) is 4.40. The zero-order valence-corrected chi connectivity index (χ0v) is 14.1. The van der Waals surface area contributed by atoms with Crippen molar-refractivity contribution >= 4 is 15.8 Å². The van der Waals surface area contributed by atoms with Crippen LogP contribution in [0.2, 0.25) is 0 Å². The molecule has 3 rings (SSSR count). The lowest BCUT2D eigenvalue weighted by atomic mass is 10.1. The van der Waals surface area contributed by atoms with Gasteiger partial charge in [-0.1, -0.05) is 6.07 Å². The summed E-state index contributed by atoms with van der Waals surface area (Å²) in [5.74, 6) is 0.844. The molecule has 0 radical (unpaired) electrons. The van der Waals surface area contributed by atoms with Crippen LogP contribution in [0.3, 0.4) is 0 Å². The molecular weight excluding hydrogens is 314 g/mol. The van der Waals surface area contributed by atoms with Crippen LogP contribution >= 0.6 is 0 Å². The Bertz CT molecular complexity index is 779. The van der Waals surface area contributed by atoms with E-state index in [1.165, 1.54) is 10.5 Å². The summed E-state index contributed by atoms with van der Waals surface area (Å²) in [6.07, 6.45) is 2.89. The van der Waals surface area contributed by atoms with Crippen LogP contribution < -0.4 is 5.32 Å². The smallest absolute Gasteiger partial charge is 0.246 e. The number of pyridine rings is 1. The van der Waals surface area contributed by atoms with E-state index >= 15 is 0 Å². The number of H-pyrrole nitrogens is 1. The number of aromatic amines is 1. The van der Waals surface area contributed by atoms with Crippen molar-refractivity contribution in [2.75, 3.05) is 18.4 Å². The van der Waals surface area contributed by atoms with Crippen molar-refractivity contribution in [3.8, 4) is 0 Å². The number of anilines is 1. The van der Waals surface area contributed by atoms with Crippen LogP contribution in [0.15, 0.2) is 29.3 Å². The number of sulfonamides is 1. The monoisotopic (exact) mass is 335 g/mol. The molecule has 3 heterocycles. The minimum Gasteiger partial charge on any atom is -0.367 e. The fraction of sp³-hybridized carbons (Fsp3) is 0.467. The largest absolute Gasteiger partial charge is 0.367 e. The molecule has 124 valence electrons. The lowest BCUT2D eigenvalue weighted by Crippen LogP contribution is -2.42. The van der Waals surface area contributed by atoms with Gasteiger partial charge in [-0.2, -0.15) is 9.40 Å². The van der Waals surface area contributed by atoms with Crippen molar-refractivity contribution in [3.05, 3.63) is 35.8 Å². The number of aromatic nitrogens is 3. The number of nitrogens with one attached hydrogen (secondary N) is 2. The highest BCUT2D eigenvalue weighted by Gasteiger charge is 2.31. The van der Waals surface area contributed by atoms with Gasteiger partial charge in [0.1, 0.15) is 10.7 Å². The van der Waals surface area contributed by atoms with Crippen molar-refractivity contribution in [1.82, 2.24) is 19.5 Å². The number of rotatable bonds is 4. The summed E-state index contributed by atoms with van der Waals surface area (Å²) in [4.78, 5) is 4.70. The Balaban J connectivity index is 1.63. The molecule has 1 saturated heterocycles. The molecule has 2 aromatic rings. The third kappa shape index (κ3) is 3.37. The SMILES string of the molecule is Cc1cccc(NC2CCN(S(=O)(=O)c3cn[nH]c3C)CC2)n1. The first-order valence-electron chi connectivity index (χ1n) is 7.67. The zero-order valence-electron chi connectivity index (χ0n) is 13.3. The molecule has 2 aromatic heterocycles. The van der Waals surface area contributed by atoms with E-state index in [-0.39, 0.29) is 10.9 Å². The summed E-state index contributed by atoms with van der Waals surface area (Å²) in [5.41, 5.74) is 1.54. The summed E-state index contributed by atoms with van der Waals surface area (Å²) in [7, 11) is -3.46. The molecule has 7 nitrogen and oxygen atoms in total. The molecular formula is C15H21N5O2S. The van der Waals surface area contributed by atoms with Gasteiger partial charge in [0.15, 0.2) is 0 Å². The second-order valence-corrected chi connectivity index (χ2v) is 7.75. The molecule has 0 saturated carbocycles. The summed E-state index contributed by atoms with van der Waals surface area (Å²) >= 11 is 0. The Morgan fingerprint density at radius 2 is 2.00 bits per heavy atom. The third-order valence-electron chi connectivity index (χ3n) is 4.10. The van der Waals surface area contributed by atoms with Crippen LogP contribution in [0.25, 0.3) is 0 Å². The van der Waals surface area contributed by atoms with Crippen LogP contribution in [0.4, 0.5) is 5.82 Å². The zero-order chi connectivity index (χ0) is 16.4. The first-order valence-corrected chi connectivity index (χ1v) is 9.11. The van der Waals surface area contributed by atoms with Gasteiger partial charge in [0, 0.05) is 24.8 Å². The molecule has 0 unspecified atom stereocenters. The topological polar surface area (TPSA) is 91.0 Å². The number of hydrogen-bond acceptors (Lipinski definition) is 5. The van der Waals surface area contributed by atoms with Gasteiger partial charge in [-0.15, -0.1) is 0 Å². The molecule has 1 fully saturated rings. The van der Waals surface area contributed by atoms with Gasteiger partial charge in [-0.05, 0) is 38.8 Å². The molecule has 2 N–H and O–H groups in total. The predicted octanol–water partition coefficient (Wildman–Crippen LogP) is 1.69. The highest BCUT2D eigenvalue weighted by molar-refractivity contribution is 7.89. The third-order valence-corrected chi connectivity index (χ3v) is 6.11. The summed E-state index contributed by atoms with van der Waals surface area (Å²) in [6, 6.07) is 6.09. The maximum Gasteiger partial charge on any atom is 0.246 e. The summed E-state index contributed by atoms with van der Waals surface area (Å²) in [5, 5.41) is 9.88. The van der Waals surface area contributed by atoms with Gasteiger partial charge in [0.25, 0.3) is 0 Å². The number of aryl methyl sites for hydroxylation is 2. The molecule has 0 bridgehead atoms. The molecule has 1 aliphatic rings. The van der Waals surface area contributed by atoms with Crippen molar-refractivity contribution in [2.24, 2.45) is 0 Å². The van der Waals surface area contributed by atoms with E-state index in [2.05, 4.69) is 20.5 Å². The average molecular weight is 335 g/mol.